The standard InChI is InChI=1S/C12H23NO4S/c1-5-18(17)7-6-13-10(14)8-12(4,9(2)3)11(15)16/h9H,5-8H2,1-4H3,(H,13,14)(H,15,16). The van der Waals surface area contributed by atoms with Crippen LogP contribution in [0.3, 0.4) is 0 Å². The van der Waals surface area contributed by atoms with Gasteiger partial charge in [0.05, 0.1) is 5.41 Å². The van der Waals surface area contributed by atoms with Crippen molar-refractivity contribution in [1.29, 1.82) is 0 Å². The van der Waals surface area contributed by atoms with E-state index >= 15 is 0 Å². The quantitative estimate of drug-likeness (QED) is 0.693. The Kier molecular flexibility index (Phi) is 7.13. The summed E-state index contributed by atoms with van der Waals surface area (Å²) in [6.07, 6.45) is -0.0568. The summed E-state index contributed by atoms with van der Waals surface area (Å²) in [4.78, 5) is 22.9. The Bertz CT molecular complexity index is 330. The van der Waals surface area contributed by atoms with Crippen LogP contribution in [-0.4, -0.2) is 39.2 Å². The highest BCUT2D eigenvalue weighted by Crippen LogP contribution is 2.31. The number of carbonyl (C=O) groups excluding carboxylic acids is 1. The molecule has 0 aromatic carbocycles. The maximum absolute atomic E-state index is 11.7. The van der Waals surface area contributed by atoms with Crippen molar-refractivity contribution >= 4 is 22.7 Å². The molecule has 0 aliphatic rings. The Balaban J connectivity index is 4.29. The topological polar surface area (TPSA) is 83.5 Å². The second kappa shape index (κ2) is 7.51. The maximum Gasteiger partial charge on any atom is 0.310 e. The van der Waals surface area contributed by atoms with Gasteiger partial charge in [0, 0.05) is 35.3 Å². The van der Waals surface area contributed by atoms with Gasteiger partial charge in [-0.15, -0.1) is 0 Å². The van der Waals surface area contributed by atoms with Gasteiger partial charge in [-0.1, -0.05) is 20.8 Å². The summed E-state index contributed by atoms with van der Waals surface area (Å²) in [5.74, 6) is -0.431. The first kappa shape index (κ1) is 17.1. The fourth-order valence-corrected chi connectivity index (χ4v) is 1.99. The normalized spacial score (nSPS) is 16.1. The number of nitrogens with one attached hydrogen (secondary N) is 1. The van der Waals surface area contributed by atoms with Gasteiger partial charge in [0.15, 0.2) is 0 Å². The highest BCUT2D eigenvalue weighted by molar-refractivity contribution is 7.84. The third kappa shape index (κ3) is 5.16. The van der Waals surface area contributed by atoms with Crippen molar-refractivity contribution in [1.82, 2.24) is 5.32 Å². The number of carboxylic acids is 1. The second-order valence-corrected chi connectivity index (χ2v) is 6.70. The molecule has 0 heterocycles. The van der Waals surface area contributed by atoms with Crippen LogP contribution in [0.25, 0.3) is 0 Å². The van der Waals surface area contributed by atoms with Gasteiger partial charge >= 0.3 is 5.97 Å². The fraction of sp³-hybridized carbons (Fsp3) is 0.833. The van der Waals surface area contributed by atoms with E-state index in [1.165, 1.54) is 0 Å². The molecule has 0 fully saturated rings. The molecule has 0 radical (unpaired) electrons. The molecule has 0 spiro atoms. The van der Waals surface area contributed by atoms with E-state index in [2.05, 4.69) is 5.32 Å². The molecule has 0 rings (SSSR count). The molecule has 1 amide bonds. The molecular weight excluding hydrogens is 254 g/mol. The number of rotatable bonds is 8. The van der Waals surface area contributed by atoms with E-state index in [1.807, 2.05) is 6.92 Å². The molecule has 2 N–H and O–H groups in total. The molecule has 2 atom stereocenters. The number of carbonyl (C=O) groups is 2. The first-order chi connectivity index (χ1) is 8.24. The highest BCUT2D eigenvalue weighted by atomic mass is 32.2. The summed E-state index contributed by atoms with van der Waals surface area (Å²) >= 11 is 0. The highest BCUT2D eigenvalue weighted by Gasteiger charge is 2.38. The van der Waals surface area contributed by atoms with Crippen LogP contribution in [-0.2, 0) is 20.4 Å². The van der Waals surface area contributed by atoms with E-state index in [0.29, 0.717) is 18.1 Å². The average Bonchev–Trinajstić information content (AvgIpc) is 2.27. The minimum Gasteiger partial charge on any atom is -0.481 e. The van der Waals surface area contributed by atoms with E-state index in [9.17, 15) is 18.9 Å². The summed E-state index contributed by atoms with van der Waals surface area (Å²) in [6.45, 7) is 7.29. The van der Waals surface area contributed by atoms with Gasteiger partial charge in [-0.2, -0.15) is 0 Å². The number of hydrogen-bond acceptors (Lipinski definition) is 3. The molecule has 0 saturated carbocycles. The maximum atomic E-state index is 11.7. The van der Waals surface area contributed by atoms with Gasteiger partial charge in [-0.25, -0.2) is 0 Å². The predicted molar refractivity (Wildman–Crippen MR) is 71.8 cm³/mol. The lowest BCUT2D eigenvalue weighted by molar-refractivity contribution is -0.153. The second-order valence-electron chi connectivity index (χ2n) is 4.84. The number of hydrogen-bond donors (Lipinski definition) is 2. The predicted octanol–water partition coefficient (Wildman–Crippen LogP) is 1.01. The van der Waals surface area contributed by atoms with Gasteiger partial charge in [0.25, 0.3) is 0 Å². The summed E-state index contributed by atoms with van der Waals surface area (Å²) in [6, 6.07) is 0. The molecule has 18 heavy (non-hydrogen) atoms. The van der Waals surface area contributed by atoms with Crippen LogP contribution in [0.2, 0.25) is 0 Å². The van der Waals surface area contributed by atoms with Gasteiger partial charge < -0.3 is 10.4 Å². The molecule has 6 heteroatoms. The monoisotopic (exact) mass is 277 g/mol. The Morgan fingerprint density at radius 1 is 1.39 bits per heavy atom. The Morgan fingerprint density at radius 2 is 1.94 bits per heavy atom. The molecular formula is C12H23NO4S. The molecule has 0 saturated heterocycles. The van der Waals surface area contributed by atoms with Crippen LogP contribution in [0.1, 0.15) is 34.1 Å². The van der Waals surface area contributed by atoms with Crippen LogP contribution in [0.5, 0.6) is 0 Å². The van der Waals surface area contributed by atoms with Crippen LogP contribution in [0.15, 0.2) is 0 Å². The number of aliphatic carboxylic acids is 1. The van der Waals surface area contributed by atoms with E-state index < -0.39 is 22.2 Å². The van der Waals surface area contributed by atoms with Crippen molar-refractivity contribution in [2.45, 2.75) is 34.1 Å². The third-order valence-electron chi connectivity index (χ3n) is 3.26. The van der Waals surface area contributed by atoms with Gasteiger partial charge in [-0.05, 0) is 12.8 Å². The van der Waals surface area contributed by atoms with Gasteiger partial charge in [0.2, 0.25) is 5.91 Å². The molecule has 0 aromatic heterocycles. The third-order valence-corrected chi connectivity index (χ3v) is 4.57. The number of amides is 1. The van der Waals surface area contributed by atoms with Crippen LogP contribution < -0.4 is 5.32 Å². The average molecular weight is 277 g/mol. The zero-order valence-corrected chi connectivity index (χ0v) is 12.3. The van der Waals surface area contributed by atoms with E-state index in [4.69, 9.17) is 0 Å². The molecule has 0 aromatic rings. The van der Waals surface area contributed by atoms with Crippen molar-refractivity contribution in [3.05, 3.63) is 0 Å². The van der Waals surface area contributed by atoms with E-state index in [1.54, 1.807) is 20.8 Å². The lowest BCUT2D eigenvalue weighted by Gasteiger charge is -2.28. The van der Waals surface area contributed by atoms with Crippen LogP contribution in [0.4, 0.5) is 0 Å². The summed E-state index contributed by atoms with van der Waals surface area (Å²) in [5, 5.41) is 11.8. The lowest BCUT2D eigenvalue weighted by atomic mass is 9.76. The SMILES string of the molecule is CCS(=O)CCNC(=O)CC(C)(C(=O)O)C(C)C. The first-order valence-corrected chi connectivity index (χ1v) is 7.58. The summed E-state index contributed by atoms with van der Waals surface area (Å²) < 4.78 is 11.2. The zero-order chi connectivity index (χ0) is 14.3. The Hall–Kier alpha value is -0.910. The fourth-order valence-electron chi connectivity index (χ4n) is 1.37. The van der Waals surface area contributed by atoms with E-state index in [-0.39, 0.29) is 18.2 Å². The minimum absolute atomic E-state index is 0.0568. The largest absolute Gasteiger partial charge is 0.481 e. The van der Waals surface area contributed by atoms with Crippen molar-refractivity contribution in [2.24, 2.45) is 11.3 Å². The van der Waals surface area contributed by atoms with E-state index in [0.717, 1.165) is 0 Å². The lowest BCUT2D eigenvalue weighted by Crippen LogP contribution is -2.40. The van der Waals surface area contributed by atoms with Crippen molar-refractivity contribution in [2.75, 3.05) is 18.1 Å². The Labute approximate surface area is 111 Å². The zero-order valence-electron chi connectivity index (χ0n) is 11.5. The number of carboxylic acid groups (broad SMARTS) is 1. The Morgan fingerprint density at radius 3 is 2.33 bits per heavy atom. The molecule has 106 valence electrons. The first-order valence-electron chi connectivity index (χ1n) is 6.09. The van der Waals surface area contributed by atoms with Crippen molar-refractivity contribution in [3.8, 4) is 0 Å². The van der Waals surface area contributed by atoms with Gasteiger partial charge in [0.1, 0.15) is 0 Å². The molecule has 0 aliphatic heterocycles. The molecule has 2 unspecified atom stereocenters. The summed E-state index contributed by atoms with van der Waals surface area (Å²) in [5.41, 5.74) is -1.06. The molecule has 5 nitrogen and oxygen atoms in total. The minimum atomic E-state index is -1.06. The summed E-state index contributed by atoms with van der Waals surface area (Å²) in [7, 11) is -0.915. The molecule has 0 bridgehead atoms. The smallest absolute Gasteiger partial charge is 0.310 e. The van der Waals surface area contributed by atoms with Crippen molar-refractivity contribution in [3.63, 3.8) is 0 Å². The molecule has 0 aliphatic carbocycles. The van der Waals surface area contributed by atoms with Crippen molar-refractivity contribution < 1.29 is 18.9 Å². The van der Waals surface area contributed by atoms with Gasteiger partial charge in [-0.3, -0.25) is 13.8 Å². The van der Waals surface area contributed by atoms with Crippen LogP contribution in [0, 0.1) is 11.3 Å². The van der Waals surface area contributed by atoms with Crippen LogP contribution >= 0.6 is 0 Å².